The highest BCUT2D eigenvalue weighted by atomic mass is 32.2. The average molecular weight is 390 g/mol. The predicted molar refractivity (Wildman–Crippen MR) is 101 cm³/mol. The molecule has 2 aromatic rings. The molecule has 0 amide bonds. The zero-order chi connectivity index (χ0) is 19.4. The topological polar surface area (TPSA) is 89.8 Å². The monoisotopic (exact) mass is 390 g/mol. The van der Waals surface area contributed by atoms with Crippen LogP contribution in [0.15, 0.2) is 53.4 Å². The maximum atomic E-state index is 13.3. The van der Waals surface area contributed by atoms with Crippen LogP contribution in [0.25, 0.3) is 0 Å². The largest absolute Gasteiger partial charge is 0.497 e. The van der Waals surface area contributed by atoms with Crippen molar-refractivity contribution in [3.63, 3.8) is 0 Å². The van der Waals surface area contributed by atoms with E-state index in [4.69, 9.17) is 4.74 Å². The van der Waals surface area contributed by atoms with Crippen molar-refractivity contribution in [1.82, 2.24) is 4.31 Å². The van der Waals surface area contributed by atoms with Crippen LogP contribution in [0.3, 0.4) is 0 Å². The van der Waals surface area contributed by atoms with E-state index in [-0.39, 0.29) is 16.6 Å². The van der Waals surface area contributed by atoms with Gasteiger partial charge in [-0.25, -0.2) is 8.42 Å². The Bertz CT molecular complexity index is 912. The molecule has 1 atom stereocenters. The number of nitro benzene ring substituents is 1. The Morgan fingerprint density at radius 1 is 1.11 bits per heavy atom. The molecule has 144 valence electrons. The van der Waals surface area contributed by atoms with E-state index in [0.29, 0.717) is 18.7 Å². The number of hydrogen-bond donors (Lipinski definition) is 0. The van der Waals surface area contributed by atoms with Gasteiger partial charge in [0.15, 0.2) is 0 Å². The molecule has 0 bridgehead atoms. The molecule has 0 aromatic heterocycles. The summed E-state index contributed by atoms with van der Waals surface area (Å²) in [4.78, 5) is 10.4. The summed E-state index contributed by atoms with van der Waals surface area (Å²) in [5.74, 6) is 0.709. The summed E-state index contributed by atoms with van der Waals surface area (Å²) in [5, 5.41) is 11.0. The molecule has 1 unspecified atom stereocenters. The quantitative estimate of drug-likeness (QED) is 0.570. The second kappa shape index (κ2) is 8.06. The van der Waals surface area contributed by atoms with Crippen LogP contribution >= 0.6 is 0 Å². The molecule has 3 rings (SSSR count). The summed E-state index contributed by atoms with van der Waals surface area (Å²) >= 11 is 0. The highest BCUT2D eigenvalue weighted by molar-refractivity contribution is 7.89. The van der Waals surface area contributed by atoms with Crippen LogP contribution in [0.2, 0.25) is 0 Å². The lowest BCUT2D eigenvalue weighted by Crippen LogP contribution is -2.34. The van der Waals surface area contributed by atoms with Gasteiger partial charge in [0.2, 0.25) is 10.0 Å². The third-order valence-electron chi connectivity index (χ3n) is 4.84. The van der Waals surface area contributed by atoms with Crippen molar-refractivity contribution in [1.29, 1.82) is 0 Å². The molecule has 0 spiro atoms. The molecule has 1 aliphatic heterocycles. The highest BCUT2D eigenvalue weighted by Gasteiger charge is 2.34. The van der Waals surface area contributed by atoms with Gasteiger partial charge in [-0.15, -0.1) is 0 Å². The first-order chi connectivity index (χ1) is 12.9. The van der Waals surface area contributed by atoms with E-state index in [9.17, 15) is 18.5 Å². The van der Waals surface area contributed by atoms with E-state index in [0.717, 1.165) is 30.9 Å². The number of hydrogen-bond acceptors (Lipinski definition) is 5. The third-order valence-corrected chi connectivity index (χ3v) is 6.74. The summed E-state index contributed by atoms with van der Waals surface area (Å²) in [6, 6.07) is 12.3. The van der Waals surface area contributed by atoms with Crippen molar-refractivity contribution < 1.29 is 18.1 Å². The highest BCUT2D eigenvalue weighted by Crippen LogP contribution is 2.35. The van der Waals surface area contributed by atoms with Gasteiger partial charge < -0.3 is 4.74 Å². The van der Waals surface area contributed by atoms with E-state index in [1.165, 1.54) is 22.5 Å². The van der Waals surface area contributed by atoms with Crippen molar-refractivity contribution in [2.75, 3.05) is 13.7 Å². The maximum Gasteiger partial charge on any atom is 0.270 e. The number of benzene rings is 2. The molecule has 0 saturated carbocycles. The minimum absolute atomic E-state index is 0.0443. The molecule has 1 heterocycles. The van der Waals surface area contributed by atoms with E-state index in [1.807, 2.05) is 24.3 Å². The molecule has 0 aliphatic carbocycles. The number of non-ortho nitro benzene ring substituents is 1. The van der Waals surface area contributed by atoms with Gasteiger partial charge in [-0.05, 0) is 36.6 Å². The molecular formula is C19H22N2O5S. The number of nitro groups is 1. The van der Waals surface area contributed by atoms with Gasteiger partial charge in [-0.3, -0.25) is 10.1 Å². The zero-order valence-electron chi connectivity index (χ0n) is 15.1. The fraction of sp³-hybridized carbons (Fsp3) is 0.368. The van der Waals surface area contributed by atoms with Gasteiger partial charge in [0, 0.05) is 18.7 Å². The molecular weight excluding hydrogens is 368 g/mol. The molecule has 7 nitrogen and oxygen atoms in total. The molecule has 1 fully saturated rings. The fourth-order valence-electron chi connectivity index (χ4n) is 3.42. The van der Waals surface area contributed by atoms with Crippen molar-refractivity contribution in [3.05, 3.63) is 64.2 Å². The van der Waals surface area contributed by atoms with Crippen molar-refractivity contribution >= 4 is 15.7 Å². The fourth-order valence-corrected chi connectivity index (χ4v) is 5.14. The minimum Gasteiger partial charge on any atom is -0.497 e. The maximum absolute atomic E-state index is 13.3. The van der Waals surface area contributed by atoms with Gasteiger partial charge in [0.1, 0.15) is 5.75 Å². The van der Waals surface area contributed by atoms with E-state index < -0.39 is 14.9 Å². The summed E-state index contributed by atoms with van der Waals surface area (Å²) in [7, 11) is -2.27. The van der Waals surface area contributed by atoms with Gasteiger partial charge in [0.05, 0.1) is 23.0 Å². The summed E-state index contributed by atoms with van der Waals surface area (Å²) in [6.07, 6.45) is 3.35. The van der Waals surface area contributed by atoms with Gasteiger partial charge in [-0.2, -0.15) is 4.31 Å². The first kappa shape index (κ1) is 19.3. The third kappa shape index (κ3) is 4.12. The number of rotatable bonds is 5. The van der Waals surface area contributed by atoms with Crippen molar-refractivity contribution in [2.45, 2.75) is 36.6 Å². The second-order valence-corrected chi connectivity index (χ2v) is 8.40. The molecule has 0 radical (unpaired) electrons. The standard InChI is InChI=1S/C19H22N2O5S/c1-26-17-11-9-15(10-12-17)19-8-3-2-4-13-20(19)27(24,25)18-7-5-6-16(14-18)21(22)23/h5-7,9-12,14,19H,2-4,8,13H2,1H3. The lowest BCUT2D eigenvalue weighted by Gasteiger charge is -2.29. The average Bonchev–Trinajstić information content (AvgIpc) is 2.95. The van der Waals surface area contributed by atoms with E-state index >= 15 is 0 Å². The van der Waals surface area contributed by atoms with Crippen LogP contribution in [0.5, 0.6) is 5.75 Å². The number of ether oxygens (including phenoxy) is 1. The smallest absolute Gasteiger partial charge is 0.270 e. The second-order valence-electron chi connectivity index (χ2n) is 6.51. The van der Waals surface area contributed by atoms with Crippen molar-refractivity contribution in [2.24, 2.45) is 0 Å². The van der Waals surface area contributed by atoms with E-state index in [2.05, 4.69) is 0 Å². The predicted octanol–water partition coefficient (Wildman–Crippen LogP) is 3.91. The van der Waals surface area contributed by atoms with Crippen molar-refractivity contribution in [3.8, 4) is 5.75 Å². The first-order valence-corrected chi connectivity index (χ1v) is 10.3. The first-order valence-electron chi connectivity index (χ1n) is 8.84. The molecule has 27 heavy (non-hydrogen) atoms. The molecule has 2 aromatic carbocycles. The molecule has 1 saturated heterocycles. The normalized spacial score (nSPS) is 18.6. The number of sulfonamides is 1. The van der Waals surface area contributed by atoms with Crippen LogP contribution in [-0.2, 0) is 10.0 Å². The molecule has 0 N–H and O–H groups in total. The lowest BCUT2D eigenvalue weighted by molar-refractivity contribution is -0.385. The van der Waals surface area contributed by atoms with Crippen LogP contribution in [-0.4, -0.2) is 31.3 Å². The minimum atomic E-state index is -3.86. The molecule has 8 heteroatoms. The van der Waals surface area contributed by atoms with E-state index in [1.54, 1.807) is 7.11 Å². The van der Waals surface area contributed by atoms with Crippen LogP contribution in [0.4, 0.5) is 5.69 Å². The Labute approximate surface area is 158 Å². The number of methoxy groups -OCH3 is 1. The Morgan fingerprint density at radius 3 is 2.52 bits per heavy atom. The van der Waals surface area contributed by atoms with Crippen LogP contribution in [0.1, 0.15) is 37.3 Å². The van der Waals surface area contributed by atoms with Crippen LogP contribution < -0.4 is 4.74 Å². The van der Waals surface area contributed by atoms with Gasteiger partial charge in [0.25, 0.3) is 5.69 Å². The lowest BCUT2D eigenvalue weighted by atomic mass is 10.0. The van der Waals surface area contributed by atoms with Gasteiger partial charge >= 0.3 is 0 Å². The number of nitrogens with zero attached hydrogens (tertiary/aromatic N) is 2. The Hall–Kier alpha value is -2.45. The summed E-state index contributed by atoms with van der Waals surface area (Å²) in [6.45, 7) is 0.391. The van der Waals surface area contributed by atoms with Crippen LogP contribution in [0, 0.1) is 10.1 Å². The Balaban J connectivity index is 2.01. The zero-order valence-corrected chi connectivity index (χ0v) is 15.9. The Kier molecular flexibility index (Phi) is 5.76. The summed E-state index contributed by atoms with van der Waals surface area (Å²) in [5.41, 5.74) is 0.665. The molecule has 1 aliphatic rings. The van der Waals surface area contributed by atoms with Gasteiger partial charge in [-0.1, -0.05) is 31.0 Å². The summed E-state index contributed by atoms with van der Waals surface area (Å²) < 4.78 is 33.3. The Morgan fingerprint density at radius 2 is 1.85 bits per heavy atom. The SMILES string of the molecule is COc1ccc(C2CCCCCN2S(=O)(=O)c2cccc([N+](=O)[O-])c2)cc1.